The molecule has 0 aromatic heterocycles. The van der Waals surface area contributed by atoms with Gasteiger partial charge in [0.05, 0.1) is 5.25 Å². The summed E-state index contributed by atoms with van der Waals surface area (Å²) in [5, 5.41) is 11.9. The first kappa shape index (κ1) is 14.4. The Labute approximate surface area is 119 Å². The normalized spacial score (nSPS) is 24.1. The molecule has 104 valence electrons. The lowest BCUT2D eigenvalue weighted by Gasteiger charge is -2.21. The van der Waals surface area contributed by atoms with E-state index in [4.69, 9.17) is 0 Å². The number of hydrogen-bond donors (Lipinski definition) is 3. The minimum atomic E-state index is -0.331. The molecule has 0 bridgehead atoms. The smallest absolute Gasteiger partial charge is 0.233 e. The van der Waals surface area contributed by atoms with Crippen molar-refractivity contribution in [1.82, 2.24) is 5.32 Å². The molecule has 0 aliphatic heterocycles. The average molecular weight is 279 g/mol. The van der Waals surface area contributed by atoms with E-state index in [0.29, 0.717) is 6.42 Å². The zero-order chi connectivity index (χ0) is 13.7. The zero-order valence-electron chi connectivity index (χ0n) is 11.0. The van der Waals surface area contributed by atoms with Crippen molar-refractivity contribution in [2.45, 2.75) is 37.0 Å². The third-order valence-corrected chi connectivity index (χ3v) is 4.21. The molecule has 1 fully saturated rings. The van der Waals surface area contributed by atoms with E-state index in [2.05, 4.69) is 17.9 Å². The van der Waals surface area contributed by atoms with Crippen LogP contribution in [0.3, 0.4) is 0 Å². The van der Waals surface area contributed by atoms with Gasteiger partial charge in [-0.25, -0.2) is 0 Å². The predicted molar refractivity (Wildman–Crippen MR) is 79.3 cm³/mol. The Bertz CT molecular complexity index is 410. The van der Waals surface area contributed by atoms with Crippen LogP contribution in [0.2, 0.25) is 0 Å². The zero-order valence-corrected chi connectivity index (χ0v) is 11.9. The molecule has 1 aliphatic carbocycles. The van der Waals surface area contributed by atoms with Crippen molar-refractivity contribution in [2.75, 3.05) is 6.61 Å². The van der Waals surface area contributed by atoms with Crippen LogP contribution >= 0.6 is 12.6 Å². The van der Waals surface area contributed by atoms with E-state index in [1.54, 1.807) is 0 Å². The number of rotatable bonds is 5. The highest BCUT2D eigenvalue weighted by Gasteiger charge is 2.29. The summed E-state index contributed by atoms with van der Waals surface area (Å²) in [6, 6.07) is 10.0. The van der Waals surface area contributed by atoms with Crippen molar-refractivity contribution in [2.24, 2.45) is 5.92 Å². The van der Waals surface area contributed by atoms with Crippen LogP contribution in [0.25, 0.3) is 0 Å². The highest BCUT2D eigenvalue weighted by atomic mass is 32.1. The molecule has 0 heterocycles. The predicted octanol–water partition coefficient (Wildman–Crippen LogP) is 1.80. The summed E-state index contributed by atoms with van der Waals surface area (Å²) in [5.41, 5.74) is 1.11. The van der Waals surface area contributed by atoms with Crippen molar-refractivity contribution in [3.05, 3.63) is 35.9 Å². The number of nitrogens with one attached hydrogen (secondary N) is 1. The van der Waals surface area contributed by atoms with Gasteiger partial charge >= 0.3 is 0 Å². The van der Waals surface area contributed by atoms with Gasteiger partial charge < -0.3 is 10.4 Å². The summed E-state index contributed by atoms with van der Waals surface area (Å²) in [5.74, 6) is 0.179. The van der Waals surface area contributed by atoms with Crippen LogP contribution in [-0.4, -0.2) is 28.9 Å². The van der Waals surface area contributed by atoms with Crippen LogP contribution in [0.15, 0.2) is 30.3 Å². The molecule has 1 aromatic rings. The number of carbonyl (C=O) groups excluding carboxylic acids is 1. The Morgan fingerprint density at radius 2 is 2.11 bits per heavy atom. The van der Waals surface area contributed by atoms with Crippen molar-refractivity contribution < 1.29 is 9.90 Å². The fraction of sp³-hybridized carbons (Fsp3) is 0.533. The molecule has 3 nitrogen and oxygen atoms in total. The summed E-state index contributed by atoms with van der Waals surface area (Å²) in [7, 11) is 0. The standard InChI is InChI=1S/C15H21NO2S/c17-10-12-7-4-8-13(12)16-15(18)14(19)9-11-5-2-1-3-6-11/h1-3,5-6,12-14,17,19H,4,7-10H2,(H,16,18). The lowest BCUT2D eigenvalue weighted by molar-refractivity contribution is -0.121. The topological polar surface area (TPSA) is 49.3 Å². The van der Waals surface area contributed by atoms with Gasteiger partial charge in [0.15, 0.2) is 0 Å². The van der Waals surface area contributed by atoms with Gasteiger partial charge in [-0.05, 0) is 24.8 Å². The third kappa shape index (κ3) is 3.98. The maximum atomic E-state index is 12.1. The van der Waals surface area contributed by atoms with Crippen LogP contribution in [0, 0.1) is 5.92 Å². The molecule has 3 unspecified atom stereocenters. The second-order valence-corrected chi connectivity index (χ2v) is 5.82. The molecule has 1 saturated carbocycles. The van der Waals surface area contributed by atoms with Gasteiger partial charge in [-0.3, -0.25) is 4.79 Å². The fourth-order valence-electron chi connectivity index (χ4n) is 2.65. The quantitative estimate of drug-likeness (QED) is 0.720. The largest absolute Gasteiger partial charge is 0.396 e. The number of carbonyl (C=O) groups is 1. The van der Waals surface area contributed by atoms with Gasteiger partial charge in [0.25, 0.3) is 0 Å². The third-order valence-electron chi connectivity index (χ3n) is 3.80. The molecule has 19 heavy (non-hydrogen) atoms. The summed E-state index contributed by atoms with van der Waals surface area (Å²) >= 11 is 4.39. The van der Waals surface area contributed by atoms with Crippen LogP contribution < -0.4 is 5.32 Å². The van der Waals surface area contributed by atoms with Crippen molar-refractivity contribution >= 4 is 18.5 Å². The SMILES string of the molecule is O=C(NC1CCCC1CO)C(S)Cc1ccccc1. The molecule has 3 atom stereocenters. The van der Waals surface area contributed by atoms with E-state index in [0.717, 1.165) is 24.8 Å². The van der Waals surface area contributed by atoms with Gasteiger partial charge in [0.2, 0.25) is 5.91 Å². The van der Waals surface area contributed by atoms with Crippen LogP contribution in [0.5, 0.6) is 0 Å². The summed E-state index contributed by atoms with van der Waals surface area (Å²) in [6.45, 7) is 0.154. The van der Waals surface area contributed by atoms with E-state index in [1.807, 2.05) is 30.3 Å². The van der Waals surface area contributed by atoms with Gasteiger partial charge in [-0.2, -0.15) is 12.6 Å². The Balaban J connectivity index is 1.85. The molecule has 0 radical (unpaired) electrons. The highest BCUT2D eigenvalue weighted by molar-refractivity contribution is 7.81. The molecule has 0 saturated heterocycles. The second-order valence-electron chi connectivity index (χ2n) is 5.19. The highest BCUT2D eigenvalue weighted by Crippen LogP contribution is 2.25. The number of thiol groups is 1. The minimum Gasteiger partial charge on any atom is -0.396 e. The first-order valence-corrected chi connectivity index (χ1v) is 7.35. The molecule has 4 heteroatoms. The Kier molecular flexibility index (Phi) is 5.28. The van der Waals surface area contributed by atoms with Gasteiger partial charge in [0, 0.05) is 18.6 Å². The van der Waals surface area contributed by atoms with E-state index in [9.17, 15) is 9.90 Å². The lowest BCUT2D eigenvalue weighted by Crippen LogP contribution is -2.42. The Morgan fingerprint density at radius 3 is 2.79 bits per heavy atom. The maximum Gasteiger partial charge on any atom is 0.233 e. The van der Waals surface area contributed by atoms with Gasteiger partial charge in [0.1, 0.15) is 0 Å². The average Bonchev–Trinajstić information content (AvgIpc) is 2.87. The molecule has 1 aromatic carbocycles. The molecule has 0 spiro atoms. The minimum absolute atomic E-state index is 0.0301. The molecular weight excluding hydrogens is 258 g/mol. The van der Waals surface area contributed by atoms with Gasteiger partial charge in [-0.1, -0.05) is 36.8 Å². The maximum absolute atomic E-state index is 12.1. The second kappa shape index (κ2) is 6.96. The molecule has 1 aliphatic rings. The van der Waals surface area contributed by atoms with Crippen molar-refractivity contribution in [3.63, 3.8) is 0 Å². The van der Waals surface area contributed by atoms with E-state index < -0.39 is 0 Å². The van der Waals surface area contributed by atoms with Crippen molar-refractivity contribution in [1.29, 1.82) is 0 Å². The number of hydrogen-bond acceptors (Lipinski definition) is 3. The lowest BCUT2D eigenvalue weighted by atomic mass is 10.0. The Morgan fingerprint density at radius 1 is 1.37 bits per heavy atom. The van der Waals surface area contributed by atoms with Gasteiger partial charge in [-0.15, -0.1) is 0 Å². The number of aliphatic hydroxyl groups excluding tert-OH is 1. The summed E-state index contributed by atoms with van der Waals surface area (Å²) < 4.78 is 0. The number of amides is 1. The monoisotopic (exact) mass is 279 g/mol. The van der Waals surface area contributed by atoms with Crippen molar-refractivity contribution in [3.8, 4) is 0 Å². The number of benzene rings is 1. The summed E-state index contributed by atoms with van der Waals surface area (Å²) in [6.07, 6.45) is 3.67. The summed E-state index contributed by atoms with van der Waals surface area (Å²) in [4.78, 5) is 12.1. The Hall–Kier alpha value is -1.00. The first-order chi connectivity index (χ1) is 9.20. The molecule has 2 N–H and O–H groups in total. The molecule has 2 rings (SSSR count). The molecular formula is C15H21NO2S. The van der Waals surface area contributed by atoms with E-state index in [-0.39, 0.29) is 29.7 Å². The first-order valence-electron chi connectivity index (χ1n) is 6.84. The van der Waals surface area contributed by atoms with Crippen LogP contribution in [-0.2, 0) is 11.2 Å². The number of aliphatic hydroxyl groups is 1. The van der Waals surface area contributed by atoms with E-state index in [1.165, 1.54) is 0 Å². The molecule has 1 amide bonds. The van der Waals surface area contributed by atoms with Crippen LogP contribution in [0.4, 0.5) is 0 Å². The fourth-order valence-corrected chi connectivity index (χ4v) is 2.94. The van der Waals surface area contributed by atoms with E-state index >= 15 is 0 Å². The van der Waals surface area contributed by atoms with Crippen LogP contribution in [0.1, 0.15) is 24.8 Å².